The smallest absolute Gasteiger partial charge is 0.367 e. The fourth-order valence-electron chi connectivity index (χ4n) is 1.10. The van der Waals surface area contributed by atoms with E-state index in [1.54, 1.807) is 6.07 Å². The lowest BCUT2D eigenvalue weighted by atomic mass is 10.1. The molecule has 0 fully saturated rings. The monoisotopic (exact) mass is 291 g/mol. The first-order chi connectivity index (χ1) is 8.67. The Balaban J connectivity index is 2.79. The van der Waals surface area contributed by atoms with Crippen molar-refractivity contribution in [1.82, 2.24) is 0 Å². The van der Waals surface area contributed by atoms with Gasteiger partial charge in [-0.05, 0) is 17.7 Å². The number of carbonyl (C=O) groups excluding carboxylic acids is 1. The van der Waals surface area contributed by atoms with E-state index in [2.05, 4.69) is 11.3 Å². The van der Waals surface area contributed by atoms with Crippen molar-refractivity contribution in [3.05, 3.63) is 42.0 Å². The minimum Gasteiger partial charge on any atom is -0.743 e. The molecule has 0 saturated carbocycles. The van der Waals surface area contributed by atoms with Gasteiger partial charge in [-0.15, -0.1) is 0 Å². The van der Waals surface area contributed by atoms with Gasteiger partial charge in [0.15, 0.2) is 16.7 Å². The normalized spacial score (nSPS) is 11.9. The van der Waals surface area contributed by atoms with Crippen LogP contribution in [0, 0.1) is 0 Å². The number of esters is 1. The molecule has 0 radical (unpaired) electrons. The lowest BCUT2D eigenvalue weighted by Gasteiger charge is -2.19. The zero-order valence-corrected chi connectivity index (χ0v) is 10.3. The van der Waals surface area contributed by atoms with E-state index in [0.29, 0.717) is 5.56 Å². The number of carbonyl (C=O) groups is 1. The molecule has 0 aliphatic rings. The topological polar surface area (TPSA) is 83.5 Å². The van der Waals surface area contributed by atoms with Crippen molar-refractivity contribution in [3.8, 4) is 0 Å². The van der Waals surface area contributed by atoms with Crippen molar-refractivity contribution in [2.75, 3.05) is 6.61 Å². The molecular formula is C11H9F2O5S-. The van der Waals surface area contributed by atoms with Crippen molar-refractivity contribution >= 4 is 22.2 Å². The minimum absolute atomic E-state index is 0.0588. The Morgan fingerprint density at radius 3 is 2.63 bits per heavy atom. The van der Waals surface area contributed by atoms with Gasteiger partial charge in [-0.2, -0.15) is 8.78 Å². The Kier molecular flexibility index (Phi) is 4.38. The third-order valence-corrected chi connectivity index (χ3v) is 2.94. The zero-order valence-electron chi connectivity index (χ0n) is 9.51. The molecule has 19 heavy (non-hydrogen) atoms. The van der Waals surface area contributed by atoms with Crippen LogP contribution in [-0.2, 0) is 14.9 Å². The molecule has 0 saturated heterocycles. The number of hydrogen-bond acceptors (Lipinski definition) is 5. The van der Waals surface area contributed by atoms with Crippen LogP contribution in [0.5, 0.6) is 0 Å². The van der Waals surface area contributed by atoms with Gasteiger partial charge in [0.25, 0.3) is 0 Å². The summed E-state index contributed by atoms with van der Waals surface area (Å²) >= 11 is 0. The summed E-state index contributed by atoms with van der Waals surface area (Å²) in [5.41, 5.74) is 0.495. The molecule has 0 amide bonds. The van der Waals surface area contributed by atoms with Crippen molar-refractivity contribution in [2.45, 2.75) is 5.25 Å². The molecule has 0 heterocycles. The predicted molar refractivity (Wildman–Crippen MR) is 61.5 cm³/mol. The van der Waals surface area contributed by atoms with Crippen molar-refractivity contribution in [1.29, 1.82) is 0 Å². The summed E-state index contributed by atoms with van der Waals surface area (Å²) in [4.78, 5) is 11.4. The number of rotatable bonds is 5. The fourth-order valence-corrected chi connectivity index (χ4v) is 1.30. The van der Waals surface area contributed by atoms with E-state index >= 15 is 0 Å². The highest BCUT2D eigenvalue weighted by Gasteiger charge is 2.39. The van der Waals surface area contributed by atoms with Crippen LogP contribution >= 0.6 is 0 Å². The fraction of sp³-hybridized carbons (Fsp3) is 0.182. The molecule has 0 spiro atoms. The van der Waals surface area contributed by atoms with Gasteiger partial charge in [0.2, 0.25) is 0 Å². The molecule has 0 atom stereocenters. The van der Waals surface area contributed by atoms with Crippen molar-refractivity contribution < 1.29 is 31.3 Å². The van der Waals surface area contributed by atoms with Crippen LogP contribution in [0.25, 0.3) is 6.08 Å². The molecule has 1 aromatic carbocycles. The number of ether oxygens (including phenoxy) is 1. The molecular weight excluding hydrogens is 282 g/mol. The highest BCUT2D eigenvalue weighted by molar-refractivity contribution is 7.86. The molecule has 1 rings (SSSR count). The van der Waals surface area contributed by atoms with Gasteiger partial charge in [-0.1, -0.05) is 24.8 Å². The number of halogens is 2. The standard InChI is InChI=1S/C11H10F2O5S/c1-2-8-4-3-5-9(6-8)10(14)18-7-11(12,13)19(15,16)17/h2-6H,1,7H2,(H,15,16,17)/p-1. The maximum absolute atomic E-state index is 12.8. The Morgan fingerprint density at radius 2 is 2.11 bits per heavy atom. The molecule has 0 N–H and O–H groups in total. The van der Waals surface area contributed by atoms with Gasteiger partial charge in [0, 0.05) is 0 Å². The van der Waals surface area contributed by atoms with Gasteiger partial charge in [-0.25, -0.2) is 13.2 Å². The maximum Gasteiger partial charge on any atom is 0.367 e. The molecule has 8 heteroatoms. The molecule has 0 aromatic heterocycles. The molecule has 5 nitrogen and oxygen atoms in total. The van der Waals surface area contributed by atoms with E-state index in [1.165, 1.54) is 24.3 Å². The van der Waals surface area contributed by atoms with Gasteiger partial charge in [0.05, 0.1) is 5.56 Å². The van der Waals surface area contributed by atoms with E-state index < -0.39 is 27.9 Å². The Morgan fingerprint density at radius 1 is 1.47 bits per heavy atom. The van der Waals surface area contributed by atoms with Crippen LogP contribution in [0.2, 0.25) is 0 Å². The lowest BCUT2D eigenvalue weighted by Crippen LogP contribution is -2.34. The Bertz CT molecular complexity index is 595. The summed E-state index contributed by atoms with van der Waals surface area (Å²) < 4.78 is 60.2. The van der Waals surface area contributed by atoms with Crippen LogP contribution in [0.3, 0.4) is 0 Å². The van der Waals surface area contributed by atoms with Crippen LogP contribution in [0.4, 0.5) is 8.78 Å². The van der Waals surface area contributed by atoms with Crippen molar-refractivity contribution in [3.63, 3.8) is 0 Å². The second-order valence-corrected chi connectivity index (χ2v) is 5.00. The molecule has 0 aliphatic carbocycles. The molecule has 1 aromatic rings. The minimum atomic E-state index is -5.87. The summed E-state index contributed by atoms with van der Waals surface area (Å²) in [6, 6.07) is 5.69. The lowest BCUT2D eigenvalue weighted by molar-refractivity contribution is -0.00997. The maximum atomic E-state index is 12.8. The summed E-state index contributed by atoms with van der Waals surface area (Å²) in [5.74, 6) is -1.16. The van der Waals surface area contributed by atoms with E-state index in [0.717, 1.165) is 0 Å². The van der Waals surface area contributed by atoms with E-state index in [-0.39, 0.29) is 5.56 Å². The van der Waals surface area contributed by atoms with Gasteiger partial charge in [-0.3, -0.25) is 0 Å². The average Bonchev–Trinajstić information content (AvgIpc) is 2.34. The molecule has 0 aliphatic heterocycles. The first kappa shape index (κ1) is 15.3. The largest absolute Gasteiger partial charge is 0.743 e. The molecule has 104 valence electrons. The van der Waals surface area contributed by atoms with Gasteiger partial charge in [0.1, 0.15) is 0 Å². The van der Waals surface area contributed by atoms with E-state index in [1.807, 2.05) is 0 Å². The van der Waals surface area contributed by atoms with Crippen LogP contribution in [0.1, 0.15) is 15.9 Å². The van der Waals surface area contributed by atoms with Gasteiger partial charge >= 0.3 is 11.2 Å². The number of benzene rings is 1. The van der Waals surface area contributed by atoms with Crippen LogP contribution in [0.15, 0.2) is 30.8 Å². The summed E-state index contributed by atoms with van der Waals surface area (Å²) in [7, 11) is -5.87. The molecule has 0 bridgehead atoms. The predicted octanol–water partition coefficient (Wildman–Crippen LogP) is 1.62. The Labute approximate surface area is 108 Å². The van der Waals surface area contributed by atoms with Crippen LogP contribution in [-0.4, -0.2) is 30.8 Å². The third kappa shape index (κ3) is 3.83. The SMILES string of the molecule is C=Cc1cccc(C(=O)OCC(F)(F)S(=O)(=O)[O-])c1. The first-order valence-electron chi connectivity index (χ1n) is 4.90. The second-order valence-electron chi connectivity index (χ2n) is 3.50. The first-order valence-corrected chi connectivity index (χ1v) is 6.31. The second kappa shape index (κ2) is 5.45. The van der Waals surface area contributed by atoms with Crippen LogP contribution < -0.4 is 0 Å². The van der Waals surface area contributed by atoms with E-state index in [4.69, 9.17) is 0 Å². The highest BCUT2D eigenvalue weighted by Crippen LogP contribution is 2.21. The van der Waals surface area contributed by atoms with E-state index in [9.17, 15) is 26.5 Å². The number of alkyl halides is 2. The zero-order chi connectivity index (χ0) is 14.7. The van der Waals surface area contributed by atoms with Crippen molar-refractivity contribution in [2.24, 2.45) is 0 Å². The number of hydrogen-bond donors (Lipinski definition) is 0. The summed E-state index contributed by atoms with van der Waals surface area (Å²) in [6.45, 7) is 1.63. The Hall–Kier alpha value is -1.80. The quantitative estimate of drug-likeness (QED) is 0.608. The summed E-state index contributed by atoms with van der Waals surface area (Å²) in [6.07, 6.45) is 1.42. The highest BCUT2D eigenvalue weighted by atomic mass is 32.2. The summed E-state index contributed by atoms with van der Waals surface area (Å²) in [5, 5.41) is -4.65. The average molecular weight is 291 g/mol. The van der Waals surface area contributed by atoms with Gasteiger partial charge < -0.3 is 9.29 Å². The molecule has 0 unspecified atom stereocenters. The third-order valence-electron chi connectivity index (χ3n) is 2.10.